The van der Waals surface area contributed by atoms with Crippen LogP contribution >= 0.6 is 7.82 Å². The van der Waals surface area contributed by atoms with Gasteiger partial charge in [0, 0.05) is 13.5 Å². The first-order valence-corrected chi connectivity index (χ1v) is 24.1. The van der Waals surface area contributed by atoms with Gasteiger partial charge in [-0.2, -0.15) is 0 Å². The molecule has 8 unspecified atom stereocenters. The molecule has 0 aromatic heterocycles. The third kappa shape index (κ3) is 19.9. The van der Waals surface area contributed by atoms with Crippen LogP contribution in [0.25, 0.3) is 0 Å². The van der Waals surface area contributed by atoms with Crippen molar-refractivity contribution in [3.05, 3.63) is 24.3 Å². The van der Waals surface area contributed by atoms with Crippen LogP contribution in [0.1, 0.15) is 52.9 Å². The standard InChI is InChI=1S/C41H68N3O26P/c1-4-6-8-10-28(51)61-18-22(65-29(52)11-9-7-5-2)19-64-71(59,60)63-13-12-42-26(49)14-27(50)43-20-62-39-30(44-21(3)48)33(55)37(25(17-47)68-39)69-41-36(58)38(32(54)24(16-46)67-41)70-40-35(57)34(56)31(53)23(15-45)66-40/h6-9,22-25,30-41,45-47,53-58H,4-5,10-20H2,1-3H3,(H,42,49)(H,43,50)(H,44,48)(H,59,60)/b8-6-,9-7-/t22?,23?,24?,25?,30?,31-,32-,33+,34-,35?,36?,37+,38-,39+,40+,41-/m0/s1. The number of aliphatic hydroxyl groups is 9. The Bertz CT molecular complexity index is 1780. The van der Waals surface area contributed by atoms with Gasteiger partial charge in [-0.05, 0) is 12.8 Å². The molecule has 3 aliphatic heterocycles. The molecule has 17 atom stereocenters. The van der Waals surface area contributed by atoms with Gasteiger partial charge in [0.1, 0.15) is 92.9 Å². The molecule has 0 aromatic rings. The molecule has 0 aliphatic carbocycles. The number of carbonyl (C=O) groups excluding carboxylic acids is 5. The molecule has 0 radical (unpaired) electrons. The van der Waals surface area contributed by atoms with Gasteiger partial charge in [0.15, 0.2) is 25.0 Å². The summed E-state index contributed by atoms with van der Waals surface area (Å²) in [5, 5.41) is 101. The molecular formula is C41H68N3O26P. The maximum absolute atomic E-state index is 12.6. The second-order valence-electron chi connectivity index (χ2n) is 16.0. The van der Waals surface area contributed by atoms with Gasteiger partial charge in [0.2, 0.25) is 17.7 Å². The lowest BCUT2D eigenvalue weighted by atomic mass is 9.95. The quantitative estimate of drug-likeness (QED) is 0.00830. The maximum atomic E-state index is 12.6. The fourth-order valence-corrected chi connectivity index (χ4v) is 7.66. The summed E-state index contributed by atoms with van der Waals surface area (Å²) < 4.78 is 66.1. The molecule has 13 N–H and O–H groups in total. The van der Waals surface area contributed by atoms with Crippen molar-refractivity contribution in [2.45, 2.75) is 151 Å². The van der Waals surface area contributed by atoms with Crippen molar-refractivity contribution >= 4 is 37.5 Å². The van der Waals surface area contributed by atoms with Crippen LogP contribution in [0, 0.1) is 0 Å². The molecule has 29 nitrogen and oxygen atoms in total. The predicted molar refractivity (Wildman–Crippen MR) is 233 cm³/mol. The minimum Gasteiger partial charge on any atom is -0.461 e. The first-order valence-electron chi connectivity index (χ1n) is 22.6. The van der Waals surface area contributed by atoms with Crippen LogP contribution in [0.15, 0.2) is 24.3 Å². The lowest BCUT2D eigenvalue weighted by molar-refractivity contribution is -0.376. The van der Waals surface area contributed by atoms with E-state index in [2.05, 4.69) is 16.0 Å². The third-order valence-electron chi connectivity index (χ3n) is 10.5. The molecule has 3 fully saturated rings. The Kier molecular flexibility index (Phi) is 27.1. The Labute approximate surface area is 407 Å². The Morgan fingerprint density at radius 1 is 0.648 bits per heavy atom. The van der Waals surface area contributed by atoms with Gasteiger partial charge in [-0.3, -0.25) is 33.0 Å². The number of ether oxygens (including phenoxy) is 8. The minimum atomic E-state index is -4.82. The van der Waals surface area contributed by atoms with Gasteiger partial charge in [-0.15, -0.1) is 0 Å². The molecule has 3 saturated heterocycles. The summed E-state index contributed by atoms with van der Waals surface area (Å²) in [6.07, 6.45) is -19.2. The normalized spacial score (nSPS) is 32.4. The van der Waals surface area contributed by atoms with Gasteiger partial charge < -0.3 is 105 Å². The van der Waals surface area contributed by atoms with Crippen molar-refractivity contribution in [2.24, 2.45) is 0 Å². The molecule has 3 heterocycles. The summed E-state index contributed by atoms with van der Waals surface area (Å²) >= 11 is 0. The number of nitrogens with one attached hydrogen (secondary N) is 3. The number of allylic oxidation sites excluding steroid dienone is 2. The van der Waals surface area contributed by atoms with Crippen LogP contribution in [0.3, 0.4) is 0 Å². The topological polar surface area (TPSA) is 433 Å². The molecule has 3 amide bonds. The van der Waals surface area contributed by atoms with Crippen molar-refractivity contribution in [1.82, 2.24) is 16.0 Å². The van der Waals surface area contributed by atoms with Crippen molar-refractivity contribution in [1.29, 1.82) is 0 Å². The number of hydrogen-bond donors (Lipinski definition) is 13. The van der Waals surface area contributed by atoms with Crippen LogP contribution in [0.2, 0.25) is 0 Å². The average molecular weight is 1050 g/mol. The molecule has 30 heteroatoms. The number of esters is 2. The van der Waals surface area contributed by atoms with Crippen LogP contribution < -0.4 is 16.0 Å². The SMILES string of the molecule is CC/C=C\CC(=O)OCC(COP(=O)(O)OCCNC(=O)CC(=O)NCO[C@@H]1OC(CO)[C@@H](O[C@@H]2OC(CO)[C@H](O)[C@H](O[C@H]3OC(CO)[C@H](O)[C@H](O)C3O)C2O)[C@H](O)C1NC(C)=O)OC(=O)C/C=C\CC. The van der Waals surface area contributed by atoms with Crippen molar-refractivity contribution < 1.29 is 126 Å². The Morgan fingerprint density at radius 2 is 1.21 bits per heavy atom. The molecular weight excluding hydrogens is 981 g/mol. The highest BCUT2D eigenvalue weighted by Gasteiger charge is 2.54. The molecule has 0 aromatic carbocycles. The van der Waals surface area contributed by atoms with Gasteiger partial charge >= 0.3 is 19.8 Å². The zero-order valence-corrected chi connectivity index (χ0v) is 40.1. The van der Waals surface area contributed by atoms with Gasteiger partial charge in [0.25, 0.3) is 0 Å². The lowest BCUT2D eigenvalue weighted by Gasteiger charge is -2.48. The smallest absolute Gasteiger partial charge is 0.461 e. The summed E-state index contributed by atoms with van der Waals surface area (Å²) in [6, 6.07) is -1.53. The second-order valence-corrected chi connectivity index (χ2v) is 17.5. The van der Waals surface area contributed by atoms with E-state index in [-0.39, 0.29) is 12.8 Å². The summed E-state index contributed by atoms with van der Waals surface area (Å²) in [7, 11) is -4.82. The van der Waals surface area contributed by atoms with Crippen molar-refractivity contribution in [3.63, 3.8) is 0 Å². The lowest BCUT2D eigenvalue weighted by Crippen LogP contribution is -2.68. The largest absolute Gasteiger partial charge is 0.472 e. The maximum Gasteiger partial charge on any atom is 0.472 e. The Morgan fingerprint density at radius 3 is 1.82 bits per heavy atom. The number of hydrogen-bond acceptors (Lipinski definition) is 25. The average Bonchev–Trinajstić information content (AvgIpc) is 3.32. The summed E-state index contributed by atoms with van der Waals surface area (Å²) in [6.45, 7) is -0.757. The fourth-order valence-electron chi connectivity index (χ4n) is 6.91. The molecule has 3 rings (SSSR count). The third-order valence-corrected chi connectivity index (χ3v) is 11.5. The zero-order chi connectivity index (χ0) is 52.8. The van der Waals surface area contributed by atoms with Crippen LogP contribution in [-0.2, 0) is 75.5 Å². The van der Waals surface area contributed by atoms with E-state index in [1.807, 2.05) is 13.8 Å². The van der Waals surface area contributed by atoms with Crippen molar-refractivity contribution in [3.8, 4) is 0 Å². The number of amides is 3. The number of carbonyl (C=O) groups is 5. The summed E-state index contributed by atoms with van der Waals surface area (Å²) in [4.78, 5) is 71.7. The first kappa shape index (κ1) is 61.6. The fraction of sp³-hybridized carbons (Fsp3) is 0.780. The molecule has 0 bridgehead atoms. The van der Waals surface area contributed by atoms with Gasteiger partial charge in [-0.1, -0.05) is 38.2 Å². The molecule has 0 saturated carbocycles. The first-order chi connectivity index (χ1) is 33.7. The predicted octanol–water partition coefficient (Wildman–Crippen LogP) is -5.52. The highest BCUT2D eigenvalue weighted by molar-refractivity contribution is 7.47. The summed E-state index contributed by atoms with van der Waals surface area (Å²) in [5.41, 5.74) is 0. The molecule has 0 spiro atoms. The number of aliphatic hydroxyl groups excluding tert-OH is 9. The number of phosphoric ester groups is 1. The van der Waals surface area contributed by atoms with Gasteiger partial charge in [-0.25, -0.2) is 4.57 Å². The van der Waals surface area contributed by atoms with E-state index in [1.165, 1.54) is 0 Å². The zero-order valence-electron chi connectivity index (χ0n) is 39.2. The number of phosphoric acid groups is 1. The van der Waals surface area contributed by atoms with Crippen LogP contribution in [0.4, 0.5) is 0 Å². The van der Waals surface area contributed by atoms with Crippen LogP contribution in [0.5, 0.6) is 0 Å². The molecule has 71 heavy (non-hydrogen) atoms. The van der Waals surface area contributed by atoms with E-state index in [9.17, 15) is 79.4 Å². The highest BCUT2D eigenvalue weighted by atomic mass is 31.2. The van der Waals surface area contributed by atoms with E-state index < -0.39 is 195 Å². The van der Waals surface area contributed by atoms with E-state index in [0.717, 1.165) is 6.92 Å². The molecule has 3 aliphatic rings. The minimum absolute atomic E-state index is 0.0561. The summed E-state index contributed by atoms with van der Waals surface area (Å²) in [5.74, 6) is -3.91. The second kappa shape index (κ2) is 31.2. The van der Waals surface area contributed by atoms with Gasteiger partial charge in [0.05, 0.1) is 45.9 Å². The number of rotatable bonds is 29. The monoisotopic (exact) mass is 1050 g/mol. The van der Waals surface area contributed by atoms with E-state index in [1.54, 1.807) is 24.3 Å². The van der Waals surface area contributed by atoms with E-state index >= 15 is 0 Å². The highest BCUT2D eigenvalue weighted by Crippen LogP contribution is 2.43. The Hall–Kier alpha value is -3.66. The van der Waals surface area contributed by atoms with Crippen molar-refractivity contribution in [2.75, 3.05) is 52.9 Å². The van der Waals surface area contributed by atoms with E-state index in [4.69, 9.17) is 46.9 Å². The van der Waals surface area contributed by atoms with E-state index in [0.29, 0.717) is 12.8 Å². The Balaban J connectivity index is 1.52. The molecule has 408 valence electrons. The van der Waals surface area contributed by atoms with Crippen LogP contribution in [-0.4, -0.2) is 232 Å².